The summed E-state index contributed by atoms with van der Waals surface area (Å²) in [6.07, 6.45) is 1.57. The number of hydrogen-bond donors (Lipinski definition) is 3. The molecule has 10 nitrogen and oxygen atoms in total. The van der Waals surface area contributed by atoms with Gasteiger partial charge in [-0.25, -0.2) is 18.1 Å². The summed E-state index contributed by atoms with van der Waals surface area (Å²) in [5.41, 5.74) is 4.97. The van der Waals surface area contributed by atoms with Crippen LogP contribution in [0.2, 0.25) is 0 Å². The van der Waals surface area contributed by atoms with E-state index in [9.17, 15) is 18.0 Å². The van der Waals surface area contributed by atoms with Crippen molar-refractivity contribution in [2.45, 2.75) is 6.42 Å². The van der Waals surface area contributed by atoms with Crippen molar-refractivity contribution in [2.24, 2.45) is 0 Å². The second kappa shape index (κ2) is 9.63. The third kappa shape index (κ3) is 6.47. The summed E-state index contributed by atoms with van der Waals surface area (Å²) in [5, 5.41) is 2.39. The Bertz CT molecular complexity index is 965. The number of carbonyl (C=O) groups is 2. The number of thiophene rings is 1. The minimum absolute atomic E-state index is 0.232. The first-order valence-electron chi connectivity index (χ1n) is 8.74. The van der Waals surface area contributed by atoms with Gasteiger partial charge in [0, 0.05) is 29.9 Å². The lowest BCUT2D eigenvalue weighted by Crippen LogP contribution is -2.41. The lowest BCUT2D eigenvalue weighted by molar-refractivity contribution is 0.0846. The molecule has 29 heavy (non-hydrogen) atoms. The molecule has 0 radical (unpaired) electrons. The highest BCUT2D eigenvalue weighted by atomic mass is 32.2. The number of amides is 2. The maximum absolute atomic E-state index is 12.2. The number of rotatable bonds is 7. The van der Waals surface area contributed by atoms with Crippen molar-refractivity contribution in [3.05, 3.63) is 33.0 Å². The first-order valence-corrected chi connectivity index (χ1v) is 12.3. The molecule has 0 saturated carbocycles. The molecule has 0 aromatic carbocycles. The van der Waals surface area contributed by atoms with Gasteiger partial charge in [0.15, 0.2) is 5.13 Å². The molecule has 1 saturated heterocycles. The van der Waals surface area contributed by atoms with Crippen LogP contribution in [-0.2, 0) is 21.2 Å². The Hall–Kier alpha value is -2.06. The number of ether oxygens (including phenoxy) is 1. The predicted octanol–water partition coefficient (Wildman–Crippen LogP) is 0.208. The summed E-state index contributed by atoms with van der Waals surface area (Å²) in [4.78, 5) is 32.1. The van der Waals surface area contributed by atoms with Gasteiger partial charge < -0.3 is 9.64 Å². The van der Waals surface area contributed by atoms with E-state index in [-0.39, 0.29) is 12.2 Å². The molecular weight excluding hydrogens is 438 g/mol. The van der Waals surface area contributed by atoms with E-state index in [0.717, 1.165) is 29.4 Å². The zero-order chi connectivity index (χ0) is 20.9. The van der Waals surface area contributed by atoms with E-state index in [1.807, 2.05) is 0 Å². The fraction of sp³-hybridized carbons (Fsp3) is 0.438. The number of anilines is 1. The van der Waals surface area contributed by atoms with Gasteiger partial charge >= 0.3 is 0 Å². The largest absolute Gasteiger partial charge is 0.378 e. The van der Waals surface area contributed by atoms with Crippen LogP contribution in [0.4, 0.5) is 5.13 Å². The van der Waals surface area contributed by atoms with Gasteiger partial charge in [0.2, 0.25) is 10.0 Å². The number of aromatic nitrogens is 1. The summed E-state index contributed by atoms with van der Waals surface area (Å²) >= 11 is 2.60. The number of thiazole rings is 1. The lowest BCUT2D eigenvalue weighted by Gasteiger charge is -2.25. The Morgan fingerprint density at radius 1 is 1.21 bits per heavy atom. The standard InChI is InChI=1S/C16H21N5O5S3/c1-29(24,25)17-5-4-11-2-3-13(28-11)15(23)20-19-14(22)12-10-27-16(18-12)21-6-8-26-9-7-21/h2-3,10,17H,4-9H2,1H3,(H,19,22)(H,20,23). The fourth-order valence-corrected chi connectivity index (χ4v) is 4.74. The van der Waals surface area contributed by atoms with Crippen LogP contribution in [0, 0.1) is 0 Å². The zero-order valence-electron chi connectivity index (χ0n) is 15.6. The fourth-order valence-electron chi connectivity index (χ4n) is 2.50. The summed E-state index contributed by atoms with van der Waals surface area (Å²) in [7, 11) is -3.24. The first kappa shape index (κ1) is 21.6. The van der Waals surface area contributed by atoms with Crippen molar-refractivity contribution in [3.8, 4) is 0 Å². The quantitative estimate of drug-likeness (QED) is 0.505. The number of sulfonamides is 1. The zero-order valence-corrected chi connectivity index (χ0v) is 18.1. The molecule has 3 rings (SSSR count). The van der Waals surface area contributed by atoms with Gasteiger partial charge in [-0.05, 0) is 18.6 Å². The second-order valence-electron chi connectivity index (χ2n) is 6.21. The molecule has 3 heterocycles. The number of nitrogens with zero attached hydrogens (tertiary/aromatic N) is 2. The Morgan fingerprint density at radius 2 is 1.93 bits per heavy atom. The molecule has 0 spiro atoms. The highest BCUT2D eigenvalue weighted by Crippen LogP contribution is 2.21. The molecule has 1 aliphatic rings. The number of carbonyl (C=O) groups excluding carboxylic acids is 2. The average molecular weight is 460 g/mol. The summed E-state index contributed by atoms with van der Waals surface area (Å²) in [6, 6.07) is 3.38. The second-order valence-corrected chi connectivity index (χ2v) is 10.0. The first-order chi connectivity index (χ1) is 13.8. The van der Waals surface area contributed by atoms with Gasteiger partial charge in [-0.1, -0.05) is 0 Å². The minimum Gasteiger partial charge on any atom is -0.378 e. The Balaban J connectivity index is 1.48. The van der Waals surface area contributed by atoms with E-state index in [1.165, 1.54) is 22.7 Å². The van der Waals surface area contributed by atoms with Crippen molar-refractivity contribution < 1.29 is 22.7 Å². The number of hydrazine groups is 1. The van der Waals surface area contributed by atoms with Crippen LogP contribution in [-0.4, -0.2) is 64.3 Å². The third-order valence-electron chi connectivity index (χ3n) is 3.92. The average Bonchev–Trinajstić information content (AvgIpc) is 3.35. The van der Waals surface area contributed by atoms with Crippen LogP contribution in [0.15, 0.2) is 17.5 Å². The molecule has 1 aliphatic heterocycles. The molecule has 0 unspecified atom stereocenters. The summed E-state index contributed by atoms with van der Waals surface area (Å²) in [6.45, 7) is 2.97. The van der Waals surface area contributed by atoms with Crippen LogP contribution in [0.5, 0.6) is 0 Å². The van der Waals surface area contributed by atoms with Crippen molar-refractivity contribution in [1.82, 2.24) is 20.6 Å². The molecule has 2 amide bonds. The molecule has 2 aromatic rings. The Labute approximate surface area is 176 Å². The van der Waals surface area contributed by atoms with E-state index in [2.05, 4.69) is 25.5 Å². The normalized spacial score (nSPS) is 14.6. The predicted molar refractivity (Wildman–Crippen MR) is 111 cm³/mol. The molecule has 1 fully saturated rings. The highest BCUT2D eigenvalue weighted by molar-refractivity contribution is 7.88. The van der Waals surface area contributed by atoms with E-state index < -0.39 is 21.8 Å². The van der Waals surface area contributed by atoms with E-state index >= 15 is 0 Å². The molecule has 0 atom stereocenters. The maximum Gasteiger partial charge on any atom is 0.289 e. The van der Waals surface area contributed by atoms with Gasteiger partial charge in [0.05, 0.1) is 24.3 Å². The summed E-state index contributed by atoms with van der Waals surface area (Å²) in [5.74, 6) is -0.947. The van der Waals surface area contributed by atoms with Gasteiger partial charge in [-0.2, -0.15) is 0 Å². The maximum atomic E-state index is 12.2. The molecule has 3 N–H and O–H groups in total. The van der Waals surface area contributed by atoms with E-state index in [0.29, 0.717) is 24.5 Å². The van der Waals surface area contributed by atoms with Gasteiger partial charge in [-0.3, -0.25) is 20.4 Å². The van der Waals surface area contributed by atoms with E-state index in [1.54, 1.807) is 17.5 Å². The molecule has 158 valence electrons. The number of hydrogen-bond acceptors (Lipinski definition) is 9. The van der Waals surface area contributed by atoms with Gasteiger partial charge in [-0.15, -0.1) is 22.7 Å². The van der Waals surface area contributed by atoms with Crippen LogP contribution in [0.1, 0.15) is 25.0 Å². The Morgan fingerprint density at radius 3 is 2.66 bits per heavy atom. The van der Waals surface area contributed by atoms with Crippen molar-refractivity contribution >= 4 is 49.6 Å². The molecule has 13 heteroatoms. The van der Waals surface area contributed by atoms with E-state index in [4.69, 9.17) is 4.74 Å². The lowest BCUT2D eigenvalue weighted by atomic mass is 10.3. The smallest absolute Gasteiger partial charge is 0.289 e. The Kier molecular flexibility index (Phi) is 7.18. The molecule has 2 aromatic heterocycles. The monoisotopic (exact) mass is 459 g/mol. The van der Waals surface area contributed by atoms with Crippen molar-refractivity contribution in [3.63, 3.8) is 0 Å². The molecular formula is C16H21N5O5S3. The topological polar surface area (TPSA) is 130 Å². The van der Waals surface area contributed by atoms with Crippen molar-refractivity contribution in [1.29, 1.82) is 0 Å². The van der Waals surface area contributed by atoms with Crippen molar-refractivity contribution in [2.75, 3.05) is 44.0 Å². The van der Waals surface area contributed by atoms with Gasteiger partial charge in [0.25, 0.3) is 11.8 Å². The van der Waals surface area contributed by atoms with Crippen LogP contribution < -0.4 is 20.5 Å². The van der Waals surface area contributed by atoms with Crippen LogP contribution in [0.25, 0.3) is 0 Å². The minimum atomic E-state index is -3.24. The number of nitrogens with one attached hydrogen (secondary N) is 3. The van der Waals surface area contributed by atoms with Crippen LogP contribution in [0.3, 0.4) is 0 Å². The molecule has 0 aliphatic carbocycles. The SMILES string of the molecule is CS(=O)(=O)NCCc1ccc(C(=O)NNC(=O)c2csc(N3CCOCC3)n2)s1. The van der Waals surface area contributed by atoms with Gasteiger partial charge in [0.1, 0.15) is 5.69 Å². The van der Waals surface area contributed by atoms with Crippen LogP contribution >= 0.6 is 22.7 Å². The third-order valence-corrected chi connectivity index (χ3v) is 6.69. The summed E-state index contributed by atoms with van der Waals surface area (Å²) < 4.78 is 29.8. The molecule has 0 bridgehead atoms. The highest BCUT2D eigenvalue weighted by Gasteiger charge is 2.18. The number of morpholine rings is 1.